The van der Waals surface area contributed by atoms with Crippen molar-refractivity contribution in [1.82, 2.24) is 14.5 Å². The standard InChI is InChI=1S/C24H31FN4O3S/c1-2-27-12-4-6-22(27)18-26-24(30)19-5-3-7-23(17-19)33(31,32)29-15-13-28(14-16-29)21-10-8-20(25)9-11-21/h3,5,7-11,17,22H,2,4,6,12-16,18H2,1H3,(H,26,30). The smallest absolute Gasteiger partial charge is 0.251 e. The van der Waals surface area contributed by atoms with Gasteiger partial charge in [0.15, 0.2) is 0 Å². The van der Waals surface area contributed by atoms with E-state index < -0.39 is 10.0 Å². The lowest BCUT2D eigenvalue weighted by molar-refractivity contribution is 0.0941. The van der Waals surface area contributed by atoms with E-state index in [-0.39, 0.29) is 16.6 Å². The summed E-state index contributed by atoms with van der Waals surface area (Å²) in [6.45, 7) is 6.38. The molecule has 33 heavy (non-hydrogen) atoms. The first-order valence-electron chi connectivity index (χ1n) is 11.5. The zero-order valence-corrected chi connectivity index (χ0v) is 19.7. The third-order valence-corrected chi connectivity index (χ3v) is 8.46. The van der Waals surface area contributed by atoms with Gasteiger partial charge in [0.2, 0.25) is 10.0 Å². The van der Waals surface area contributed by atoms with Gasteiger partial charge in [-0.1, -0.05) is 13.0 Å². The van der Waals surface area contributed by atoms with Gasteiger partial charge in [-0.15, -0.1) is 0 Å². The molecule has 2 heterocycles. The van der Waals surface area contributed by atoms with Crippen LogP contribution in [-0.4, -0.2) is 75.4 Å². The Morgan fingerprint density at radius 1 is 1.06 bits per heavy atom. The van der Waals surface area contributed by atoms with E-state index in [2.05, 4.69) is 17.1 Å². The maximum atomic E-state index is 13.2. The lowest BCUT2D eigenvalue weighted by Gasteiger charge is -2.35. The number of carbonyl (C=O) groups excluding carboxylic acids is 1. The predicted molar refractivity (Wildman–Crippen MR) is 126 cm³/mol. The molecule has 7 nitrogen and oxygen atoms in total. The molecule has 1 atom stereocenters. The van der Waals surface area contributed by atoms with Gasteiger partial charge in [0.25, 0.3) is 5.91 Å². The average molecular weight is 475 g/mol. The van der Waals surface area contributed by atoms with Crippen molar-refractivity contribution in [3.63, 3.8) is 0 Å². The zero-order chi connectivity index (χ0) is 23.4. The number of likely N-dealkylation sites (N-methyl/N-ethyl adjacent to an activating group) is 1. The Morgan fingerprint density at radius 3 is 2.48 bits per heavy atom. The highest BCUT2D eigenvalue weighted by atomic mass is 32.2. The molecule has 2 aliphatic heterocycles. The fourth-order valence-corrected chi connectivity index (χ4v) is 6.11. The van der Waals surface area contributed by atoms with Crippen LogP contribution in [0.3, 0.4) is 0 Å². The van der Waals surface area contributed by atoms with Crippen LogP contribution < -0.4 is 10.2 Å². The topological polar surface area (TPSA) is 73.0 Å². The largest absolute Gasteiger partial charge is 0.369 e. The Morgan fingerprint density at radius 2 is 1.79 bits per heavy atom. The Labute approximate surface area is 195 Å². The maximum Gasteiger partial charge on any atom is 0.251 e. The van der Waals surface area contributed by atoms with Gasteiger partial charge in [-0.05, 0) is 68.4 Å². The van der Waals surface area contributed by atoms with Crippen molar-refractivity contribution in [2.45, 2.75) is 30.7 Å². The number of anilines is 1. The number of benzene rings is 2. The fraction of sp³-hybridized carbons (Fsp3) is 0.458. The second kappa shape index (κ2) is 10.2. The molecule has 0 radical (unpaired) electrons. The number of hydrogen-bond acceptors (Lipinski definition) is 5. The fourth-order valence-electron chi connectivity index (χ4n) is 4.64. The van der Waals surface area contributed by atoms with E-state index in [1.165, 1.54) is 28.6 Å². The van der Waals surface area contributed by atoms with Gasteiger partial charge in [0, 0.05) is 50.0 Å². The van der Waals surface area contributed by atoms with Crippen molar-refractivity contribution in [2.75, 3.05) is 50.7 Å². The first kappa shape index (κ1) is 23.7. The third kappa shape index (κ3) is 5.37. The third-order valence-electron chi connectivity index (χ3n) is 6.57. The van der Waals surface area contributed by atoms with Gasteiger partial charge in [0.1, 0.15) is 5.82 Å². The van der Waals surface area contributed by atoms with Crippen molar-refractivity contribution in [1.29, 1.82) is 0 Å². The highest BCUT2D eigenvalue weighted by molar-refractivity contribution is 7.89. The van der Waals surface area contributed by atoms with Gasteiger partial charge in [-0.3, -0.25) is 9.69 Å². The van der Waals surface area contributed by atoms with Crippen LogP contribution in [0.15, 0.2) is 53.4 Å². The Bertz CT molecular complexity index is 1070. The number of nitrogens with one attached hydrogen (secondary N) is 1. The van der Waals surface area contributed by atoms with Crippen molar-refractivity contribution < 1.29 is 17.6 Å². The van der Waals surface area contributed by atoms with Gasteiger partial charge < -0.3 is 10.2 Å². The molecule has 1 unspecified atom stereocenters. The van der Waals surface area contributed by atoms with E-state index in [9.17, 15) is 17.6 Å². The highest BCUT2D eigenvalue weighted by Gasteiger charge is 2.29. The summed E-state index contributed by atoms with van der Waals surface area (Å²) in [5.41, 5.74) is 1.22. The summed E-state index contributed by atoms with van der Waals surface area (Å²) in [7, 11) is -3.72. The number of halogens is 1. The molecular weight excluding hydrogens is 443 g/mol. The first-order chi connectivity index (χ1) is 15.9. The van der Waals surface area contributed by atoms with Crippen molar-refractivity contribution in [3.05, 3.63) is 59.9 Å². The molecule has 4 rings (SSSR count). The Hall–Kier alpha value is -2.49. The normalized spacial score (nSPS) is 20.2. The number of rotatable bonds is 7. The number of hydrogen-bond donors (Lipinski definition) is 1. The van der Waals surface area contributed by atoms with Gasteiger partial charge in [-0.2, -0.15) is 4.31 Å². The number of amides is 1. The minimum Gasteiger partial charge on any atom is -0.369 e. The van der Waals surface area contributed by atoms with E-state index in [1.54, 1.807) is 24.3 Å². The highest BCUT2D eigenvalue weighted by Crippen LogP contribution is 2.22. The second-order valence-electron chi connectivity index (χ2n) is 8.53. The minimum absolute atomic E-state index is 0.126. The summed E-state index contributed by atoms with van der Waals surface area (Å²) < 4.78 is 41.1. The molecule has 178 valence electrons. The average Bonchev–Trinajstić information content (AvgIpc) is 3.31. The monoisotopic (exact) mass is 474 g/mol. The van der Waals surface area contributed by atoms with E-state index in [0.717, 1.165) is 31.6 Å². The van der Waals surface area contributed by atoms with Crippen LogP contribution in [-0.2, 0) is 10.0 Å². The van der Waals surface area contributed by atoms with Crippen LogP contribution in [0.2, 0.25) is 0 Å². The van der Waals surface area contributed by atoms with E-state index >= 15 is 0 Å². The quantitative estimate of drug-likeness (QED) is 0.668. The summed E-state index contributed by atoms with van der Waals surface area (Å²) in [5.74, 6) is -0.550. The van der Waals surface area contributed by atoms with E-state index in [1.807, 2.05) is 4.90 Å². The minimum atomic E-state index is -3.72. The first-order valence-corrected chi connectivity index (χ1v) is 13.0. The molecule has 0 saturated carbocycles. The van der Waals surface area contributed by atoms with E-state index in [0.29, 0.717) is 44.3 Å². The van der Waals surface area contributed by atoms with Crippen LogP contribution >= 0.6 is 0 Å². The zero-order valence-electron chi connectivity index (χ0n) is 18.9. The van der Waals surface area contributed by atoms with Crippen LogP contribution in [0.25, 0.3) is 0 Å². The van der Waals surface area contributed by atoms with Gasteiger partial charge in [-0.25, -0.2) is 12.8 Å². The SMILES string of the molecule is CCN1CCCC1CNC(=O)c1cccc(S(=O)(=O)N2CCN(c3ccc(F)cc3)CC2)c1. The molecule has 0 aromatic heterocycles. The predicted octanol–water partition coefficient (Wildman–Crippen LogP) is 2.55. The Kier molecular flexibility index (Phi) is 7.31. The summed E-state index contributed by atoms with van der Waals surface area (Å²) in [6, 6.07) is 12.8. The molecule has 2 fully saturated rings. The molecule has 9 heteroatoms. The van der Waals surface area contributed by atoms with Crippen LogP contribution in [0, 0.1) is 5.82 Å². The summed E-state index contributed by atoms with van der Waals surface area (Å²) in [5, 5.41) is 2.97. The molecule has 2 aromatic rings. The maximum absolute atomic E-state index is 13.2. The Balaban J connectivity index is 1.38. The molecule has 0 spiro atoms. The number of carbonyl (C=O) groups is 1. The molecule has 1 N–H and O–H groups in total. The molecule has 0 aliphatic carbocycles. The van der Waals surface area contributed by atoms with Crippen molar-refractivity contribution in [3.8, 4) is 0 Å². The lowest BCUT2D eigenvalue weighted by Crippen LogP contribution is -2.48. The molecule has 0 bridgehead atoms. The number of likely N-dealkylation sites (tertiary alicyclic amines) is 1. The van der Waals surface area contributed by atoms with Crippen LogP contribution in [0.1, 0.15) is 30.1 Å². The second-order valence-corrected chi connectivity index (χ2v) is 10.5. The molecule has 1 amide bonds. The van der Waals surface area contributed by atoms with Crippen molar-refractivity contribution >= 4 is 21.6 Å². The van der Waals surface area contributed by atoms with Crippen LogP contribution in [0.5, 0.6) is 0 Å². The van der Waals surface area contributed by atoms with Crippen molar-refractivity contribution in [2.24, 2.45) is 0 Å². The van der Waals surface area contributed by atoms with Gasteiger partial charge >= 0.3 is 0 Å². The lowest BCUT2D eigenvalue weighted by atomic mass is 10.2. The molecule has 2 saturated heterocycles. The summed E-state index contributed by atoms with van der Waals surface area (Å²) in [4.78, 5) is 17.2. The van der Waals surface area contributed by atoms with Gasteiger partial charge in [0.05, 0.1) is 4.90 Å². The molecular formula is C24H31FN4O3S. The number of nitrogens with zero attached hydrogens (tertiary/aromatic N) is 3. The van der Waals surface area contributed by atoms with Crippen LogP contribution in [0.4, 0.5) is 10.1 Å². The van der Waals surface area contributed by atoms with E-state index in [4.69, 9.17) is 0 Å². The molecule has 2 aromatic carbocycles. The number of piperazine rings is 1. The molecule has 2 aliphatic rings. The summed E-state index contributed by atoms with van der Waals surface area (Å²) in [6.07, 6.45) is 2.20. The summed E-state index contributed by atoms with van der Waals surface area (Å²) >= 11 is 0. The number of sulfonamides is 1.